The van der Waals surface area contributed by atoms with Crippen molar-refractivity contribution in [2.24, 2.45) is 0 Å². The van der Waals surface area contributed by atoms with Crippen LogP contribution < -0.4 is 0 Å². The van der Waals surface area contributed by atoms with Crippen LogP contribution in [0.2, 0.25) is 0 Å². The summed E-state index contributed by atoms with van der Waals surface area (Å²) in [5.41, 5.74) is 1.30. The number of halogens is 1. The Balaban J connectivity index is 1.93. The topological polar surface area (TPSA) is 3.24 Å². The summed E-state index contributed by atoms with van der Waals surface area (Å²) >= 11 is 6.35. The van der Waals surface area contributed by atoms with E-state index < -0.39 is 0 Å². The zero-order valence-corrected chi connectivity index (χ0v) is 10.7. The molecular weight excluding hydrogens is 230 g/mol. The Bertz CT molecular complexity index is 533. The van der Waals surface area contributed by atoms with Crippen LogP contribution in [0.4, 0.5) is 0 Å². The fraction of sp³-hybridized carbons (Fsp3) is 0.333. The van der Waals surface area contributed by atoms with Crippen molar-refractivity contribution in [1.29, 1.82) is 0 Å². The van der Waals surface area contributed by atoms with Crippen LogP contribution in [0.15, 0.2) is 42.5 Å². The smallest absolute Gasteiger partial charge is 0.0476 e. The lowest BCUT2D eigenvalue weighted by Crippen LogP contribution is -2.18. The van der Waals surface area contributed by atoms with E-state index in [4.69, 9.17) is 11.8 Å². The van der Waals surface area contributed by atoms with Crippen LogP contribution in [0.5, 0.6) is 0 Å². The third-order valence-electron chi connectivity index (χ3n) is 3.52. The van der Waals surface area contributed by atoms with Gasteiger partial charge in [-0.15, -0.1) is 0 Å². The molecule has 1 aliphatic carbocycles. The van der Waals surface area contributed by atoms with Gasteiger partial charge in [0.25, 0.3) is 0 Å². The molecule has 0 bridgehead atoms. The van der Waals surface area contributed by atoms with E-state index in [1.165, 1.54) is 29.2 Å². The molecule has 2 aromatic carbocycles. The molecule has 2 heteroatoms. The van der Waals surface area contributed by atoms with E-state index in [1.54, 1.807) is 0 Å². The van der Waals surface area contributed by atoms with Crippen molar-refractivity contribution in [1.82, 2.24) is 4.42 Å². The molecule has 0 spiro atoms. The van der Waals surface area contributed by atoms with E-state index in [2.05, 4.69) is 49.4 Å². The van der Waals surface area contributed by atoms with Crippen LogP contribution >= 0.6 is 11.8 Å². The van der Waals surface area contributed by atoms with E-state index in [0.29, 0.717) is 6.04 Å². The van der Waals surface area contributed by atoms with Gasteiger partial charge in [0.2, 0.25) is 0 Å². The number of fused-ring (bicyclic) bond motifs is 1. The molecule has 0 aromatic heterocycles. The van der Waals surface area contributed by atoms with Gasteiger partial charge < -0.3 is 0 Å². The Morgan fingerprint density at radius 3 is 2.53 bits per heavy atom. The lowest BCUT2D eigenvalue weighted by molar-refractivity contribution is 0.359. The molecule has 0 N–H and O–H groups in total. The minimum absolute atomic E-state index is 0.286. The third kappa shape index (κ3) is 2.18. The number of hydrogen-bond acceptors (Lipinski definition) is 1. The van der Waals surface area contributed by atoms with Gasteiger partial charge in [0.05, 0.1) is 0 Å². The molecule has 88 valence electrons. The first kappa shape index (κ1) is 11.1. The van der Waals surface area contributed by atoms with Crippen LogP contribution in [0.1, 0.15) is 31.4 Å². The average molecular weight is 246 g/mol. The lowest BCUT2D eigenvalue weighted by Gasteiger charge is -2.22. The number of rotatable bonds is 3. The summed E-state index contributed by atoms with van der Waals surface area (Å²) in [5.74, 6) is 0. The van der Waals surface area contributed by atoms with Crippen molar-refractivity contribution < 1.29 is 0 Å². The van der Waals surface area contributed by atoms with Gasteiger partial charge in [-0.2, -0.15) is 0 Å². The molecule has 0 heterocycles. The van der Waals surface area contributed by atoms with Crippen LogP contribution in [0, 0.1) is 0 Å². The van der Waals surface area contributed by atoms with Crippen molar-refractivity contribution in [3.8, 4) is 0 Å². The molecule has 1 unspecified atom stereocenters. The van der Waals surface area contributed by atoms with Crippen molar-refractivity contribution in [3.05, 3.63) is 48.0 Å². The Kier molecular flexibility index (Phi) is 2.81. The van der Waals surface area contributed by atoms with Gasteiger partial charge in [0, 0.05) is 12.1 Å². The Labute approximate surface area is 107 Å². The Hall–Kier alpha value is -1.05. The summed E-state index contributed by atoms with van der Waals surface area (Å²) in [6.45, 7) is 2.18. The maximum atomic E-state index is 6.35. The first-order chi connectivity index (χ1) is 8.25. The SMILES string of the molecule is CC(c1ccc2ccccc2c1)N(Cl)C1CC1. The molecule has 1 nitrogen and oxygen atoms in total. The lowest BCUT2D eigenvalue weighted by atomic mass is 10.0. The molecule has 17 heavy (non-hydrogen) atoms. The molecule has 1 aliphatic rings. The van der Waals surface area contributed by atoms with Gasteiger partial charge in [0.15, 0.2) is 0 Å². The van der Waals surface area contributed by atoms with Gasteiger partial charge in [-0.1, -0.05) is 36.4 Å². The third-order valence-corrected chi connectivity index (χ3v) is 4.09. The van der Waals surface area contributed by atoms with Crippen LogP contribution in [0.3, 0.4) is 0 Å². The zero-order valence-electron chi connectivity index (χ0n) is 9.94. The second kappa shape index (κ2) is 4.32. The molecule has 1 fully saturated rings. The summed E-state index contributed by atoms with van der Waals surface area (Å²) in [6.07, 6.45) is 2.48. The fourth-order valence-electron chi connectivity index (χ4n) is 2.25. The highest BCUT2D eigenvalue weighted by Gasteiger charge is 2.31. The highest BCUT2D eigenvalue weighted by atomic mass is 35.5. The number of nitrogens with zero attached hydrogens (tertiary/aromatic N) is 1. The summed E-state index contributed by atoms with van der Waals surface area (Å²) in [7, 11) is 0. The minimum atomic E-state index is 0.286. The summed E-state index contributed by atoms with van der Waals surface area (Å²) < 4.78 is 1.98. The first-order valence-electron chi connectivity index (χ1n) is 6.18. The molecule has 2 aromatic rings. The Morgan fingerprint density at radius 2 is 1.82 bits per heavy atom. The van der Waals surface area contributed by atoms with Crippen molar-refractivity contribution >= 4 is 22.5 Å². The maximum Gasteiger partial charge on any atom is 0.0476 e. The van der Waals surface area contributed by atoms with Crippen LogP contribution in [-0.4, -0.2) is 10.5 Å². The predicted molar refractivity (Wildman–Crippen MR) is 73.1 cm³/mol. The molecule has 3 rings (SSSR count). The predicted octanol–water partition coefficient (Wildman–Crippen LogP) is 4.52. The second-order valence-corrected chi connectivity index (χ2v) is 5.25. The standard InChI is InChI=1S/C15H16ClN/c1-11(17(16)15-8-9-15)13-7-6-12-4-2-3-5-14(12)10-13/h2-7,10-11,15H,8-9H2,1H3. The largest absolute Gasteiger partial charge is 0.210 e. The van der Waals surface area contributed by atoms with E-state index in [0.717, 1.165) is 0 Å². The highest BCUT2D eigenvalue weighted by Crippen LogP contribution is 2.36. The van der Waals surface area contributed by atoms with Gasteiger partial charge in [0.1, 0.15) is 0 Å². The molecule has 1 atom stereocenters. The normalized spacial score (nSPS) is 17.6. The van der Waals surface area contributed by atoms with Crippen molar-refractivity contribution in [3.63, 3.8) is 0 Å². The highest BCUT2D eigenvalue weighted by molar-refractivity contribution is 6.14. The van der Waals surface area contributed by atoms with Gasteiger partial charge in [-0.25, -0.2) is 4.42 Å². The van der Waals surface area contributed by atoms with E-state index in [-0.39, 0.29) is 6.04 Å². The number of benzene rings is 2. The van der Waals surface area contributed by atoms with Crippen LogP contribution in [-0.2, 0) is 0 Å². The first-order valence-corrected chi connectivity index (χ1v) is 6.52. The number of hydrogen-bond donors (Lipinski definition) is 0. The summed E-state index contributed by atoms with van der Waals surface area (Å²) in [6, 6.07) is 15.9. The minimum Gasteiger partial charge on any atom is -0.210 e. The molecule has 0 aliphatic heterocycles. The van der Waals surface area contributed by atoms with Gasteiger partial charge in [-0.3, -0.25) is 0 Å². The monoisotopic (exact) mass is 245 g/mol. The second-order valence-electron chi connectivity index (χ2n) is 4.86. The zero-order chi connectivity index (χ0) is 11.8. The quantitative estimate of drug-likeness (QED) is 0.719. The molecule has 0 radical (unpaired) electrons. The average Bonchev–Trinajstić information content (AvgIpc) is 3.21. The van der Waals surface area contributed by atoms with Crippen molar-refractivity contribution in [2.45, 2.75) is 31.8 Å². The van der Waals surface area contributed by atoms with E-state index >= 15 is 0 Å². The Morgan fingerprint density at radius 1 is 1.12 bits per heavy atom. The molecule has 0 saturated heterocycles. The van der Waals surface area contributed by atoms with E-state index in [9.17, 15) is 0 Å². The maximum absolute atomic E-state index is 6.35. The molecular formula is C15H16ClN. The van der Waals surface area contributed by atoms with Gasteiger partial charge >= 0.3 is 0 Å². The fourth-order valence-corrected chi connectivity index (χ4v) is 2.56. The van der Waals surface area contributed by atoms with E-state index in [1.807, 2.05) is 4.42 Å². The van der Waals surface area contributed by atoms with Crippen LogP contribution in [0.25, 0.3) is 10.8 Å². The molecule has 1 saturated carbocycles. The summed E-state index contributed by atoms with van der Waals surface area (Å²) in [4.78, 5) is 0. The molecule has 0 amide bonds. The van der Waals surface area contributed by atoms with Crippen molar-refractivity contribution in [2.75, 3.05) is 0 Å². The van der Waals surface area contributed by atoms with Gasteiger partial charge in [-0.05, 0) is 53.9 Å². The summed E-state index contributed by atoms with van der Waals surface area (Å²) in [5, 5.41) is 2.58.